The van der Waals surface area contributed by atoms with Crippen molar-refractivity contribution in [3.8, 4) is 11.1 Å². The molecule has 1 amide bonds. The lowest BCUT2D eigenvalue weighted by molar-refractivity contribution is -0.142. The summed E-state index contributed by atoms with van der Waals surface area (Å²) in [6, 6.07) is 13.4. The number of likely N-dealkylation sites (tertiary alicyclic amines) is 1. The average Bonchev–Trinajstić information content (AvgIpc) is 3.37. The standard InChI is InChI=1S/C27H37N3O3S/c1-20-8-4-5-9-22(20)24-18-21(19-28-13-16-30-14-6-7-15-30)10-11-23(24)26(31)29-25(12-17-34-3)27(32)33-2/h4-5,8-11,18,25,28H,6-7,12-17,19H2,1-3H3,(H,29,31). The van der Waals surface area contributed by atoms with Crippen LogP contribution >= 0.6 is 11.8 Å². The van der Waals surface area contributed by atoms with Gasteiger partial charge in [0.05, 0.1) is 7.11 Å². The minimum Gasteiger partial charge on any atom is -0.467 e. The van der Waals surface area contributed by atoms with Crippen molar-refractivity contribution in [1.29, 1.82) is 0 Å². The zero-order valence-electron chi connectivity index (χ0n) is 20.6. The fourth-order valence-corrected chi connectivity index (χ4v) is 4.81. The summed E-state index contributed by atoms with van der Waals surface area (Å²) in [5.74, 6) is 0.0779. The van der Waals surface area contributed by atoms with E-state index in [9.17, 15) is 9.59 Å². The van der Waals surface area contributed by atoms with Crippen molar-refractivity contribution in [2.45, 2.75) is 38.8 Å². The van der Waals surface area contributed by atoms with Crippen molar-refractivity contribution in [1.82, 2.24) is 15.5 Å². The molecule has 0 spiro atoms. The van der Waals surface area contributed by atoms with Crippen LogP contribution in [0, 0.1) is 6.92 Å². The summed E-state index contributed by atoms with van der Waals surface area (Å²) in [6.45, 7) is 7.20. The molecule has 0 bridgehead atoms. The Balaban J connectivity index is 1.78. The molecule has 6 nitrogen and oxygen atoms in total. The second-order valence-electron chi connectivity index (χ2n) is 8.75. The summed E-state index contributed by atoms with van der Waals surface area (Å²) in [7, 11) is 1.35. The molecule has 1 heterocycles. The molecule has 34 heavy (non-hydrogen) atoms. The van der Waals surface area contributed by atoms with E-state index in [2.05, 4.69) is 21.6 Å². The first-order valence-electron chi connectivity index (χ1n) is 12.0. The number of rotatable bonds is 12. The third kappa shape index (κ3) is 7.32. The van der Waals surface area contributed by atoms with Gasteiger partial charge < -0.3 is 20.3 Å². The van der Waals surface area contributed by atoms with Gasteiger partial charge in [-0.2, -0.15) is 11.8 Å². The van der Waals surface area contributed by atoms with E-state index in [1.807, 2.05) is 49.6 Å². The van der Waals surface area contributed by atoms with Crippen LogP contribution in [0.25, 0.3) is 11.1 Å². The smallest absolute Gasteiger partial charge is 0.328 e. The topological polar surface area (TPSA) is 70.7 Å². The zero-order chi connectivity index (χ0) is 24.3. The molecule has 2 aromatic rings. The molecule has 2 N–H and O–H groups in total. The number of amides is 1. The van der Waals surface area contributed by atoms with E-state index in [1.165, 1.54) is 33.0 Å². The molecule has 1 unspecified atom stereocenters. The average molecular weight is 484 g/mol. The summed E-state index contributed by atoms with van der Waals surface area (Å²) in [4.78, 5) is 28.0. The minimum atomic E-state index is -0.665. The van der Waals surface area contributed by atoms with Crippen LogP contribution in [-0.4, -0.2) is 68.1 Å². The van der Waals surface area contributed by atoms with Crippen LogP contribution in [0.1, 0.15) is 40.7 Å². The Bertz CT molecular complexity index is 960. The van der Waals surface area contributed by atoms with E-state index in [1.54, 1.807) is 11.8 Å². The Hall–Kier alpha value is -2.35. The fourth-order valence-electron chi connectivity index (χ4n) is 4.34. The van der Waals surface area contributed by atoms with Crippen LogP contribution in [0.3, 0.4) is 0 Å². The number of esters is 1. The number of thioether (sulfide) groups is 1. The van der Waals surface area contributed by atoms with Crippen LogP contribution in [0.15, 0.2) is 42.5 Å². The van der Waals surface area contributed by atoms with Gasteiger partial charge in [0, 0.05) is 25.2 Å². The van der Waals surface area contributed by atoms with Crippen LogP contribution in [-0.2, 0) is 16.1 Å². The lowest BCUT2D eigenvalue weighted by Gasteiger charge is -2.19. The molecule has 0 saturated carbocycles. The highest BCUT2D eigenvalue weighted by Crippen LogP contribution is 2.28. The first-order valence-corrected chi connectivity index (χ1v) is 13.4. The second-order valence-corrected chi connectivity index (χ2v) is 9.74. The SMILES string of the molecule is COC(=O)C(CCSC)NC(=O)c1ccc(CNCCN2CCCC2)cc1-c1ccccc1C. The third-order valence-electron chi connectivity index (χ3n) is 6.30. The Kier molecular flexibility index (Phi) is 10.4. The van der Waals surface area contributed by atoms with Crippen LogP contribution in [0.5, 0.6) is 0 Å². The number of benzene rings is 2. The lowest BCUT2D eigenvalue weighted by Crippen LogP contribution is -2.42. The Morgan fingerprint density at radius 3 is 2.59 bits per heavy atom. The molecular weight excluding hydrogens is 446 g/mol. The molecule has 1 aliphatic heterocycles. The number of nitrogens with zero attached hydrogens (tertiary/aromatic N) is 1. The van der Waals surface area contributed by atoms with Crippen molar-refractivity contribution >= 4 is 23.6 Å². The van der Waals surface area contributed by atoms with Crippen LogP contribution < -0.4 is 10.6 Å². The molecule has 0 radical (unpaired) electrons. The van der Waals surface area contributed by atoms with E-state index in [-0.39, 0.29) is 5.91 Å². The Morgan fingerprint density at radius 1 is 1.12 bits per heavy atom. The molecule has 2 aromatic carbocycles. The largest absolute Gasteiger partial charge is 0.467 e. The first-order chi connectivity index (χ1) is 16.5. The van der Waals surface area contributed by atoms with E-state index >= 15 is 0 Å². The lowest BCUT2D eigenvalue weighted by atomic mass is 9.93. The summed E-state index contributed by atoms with van der Waals surface area (Å²) >= 11 is 1.63. The first kappa shape index (κ1) is 26.3. The van der Waals surface area contributed by atoms with E-state index in [0.717, 1.165) is 47.6 Å². The number of ether oxygens (including phenoxy) is 1. The summed E-state index contributed by atoms with van der Waals surface area (Å²) in [5.41, 5.74) is 4.69. The predicted molar refractivity (Wildman–Crippen MR) is 140 cm³/mol. The minimum absolute atomic E-state index is 0.261. The molecule has 7 heteroatoms. The molecule has 3 rings (SSSR count). The number of carbonyl (C=O) groups excluding carboxylic acids is 2. The number of nitrogens with one attached hydrogen (secondary N) is 2. The number of hydrogen-bond donors (Lipinski definition) is 2. The Labute approximate surface area is 207 Å². The van der Waals surface area contributed by atoms with Gasteiger partial charge >= 0.3 is 5.97 Å². The van der Waals surface area contributed by atoms with Gasteiger partial charge in [0.2, 0.25) is 0 Å². The fraction of sp³-hybridized carbons (Fsp3) is 0.481. The van der Waals surface area contributed by atoms with Gasteiger partial charge in [-0.25, -0.2) is 4.79 Å². The van der Waals surface area contributed by atoms with E-state index < -0.39 is 12.0 Å². The third-order valence-corrected chi connectivity index (χ3v) is 6.94. The van der Waals surface area contributed by atoms with Gasteiger partial charge in [-0.3, -0.25) is 4.79 Å². The summed E-state index contributed by atoms with van der Waals surface area (Å²) in [6.07, 6.45) is 5.11. The van der Waals surface area contributed by atoms with Gasteiger partial charge in [-0.1, -0.05) is 30.3 Å². The molecule has 1 fully saturated rings. The van der Waals surface area contributed by atoms with Crippen LogP contribution in [0.4, 0.5) is 0 Å². The predicted octanol–water partition coefficient (Wildman–Crippen LogP) is 3.87. The van der Waals surface area contributed by atoms with Crippen LogP contribution in [0.2, 0.25) is 0 Å². The quantitative estimate of drug-likeness (QED) is 0.353. The maximum absolute atomic E-state index is 13.3. The van der Waals surface area contributed by atoms with Gasteiger partial charge in [0.1, 0.15) is 6.04 Å². The normalized spacial score (nSPS) is 14.7. The monoisotopic (exact) mass is 483 g/mol. The van der Waals surface area contributed by atoms with Crippen molar-refractivity contribution in [3.05, 3.63) is 59.2 Å². The van der Waals surface area contributed by atoms with Gasteiger partial charge in [-0.05, 0) is 85.7 Å². The summed E-state index contributed by atoms with van der Waals surface area (Å²) < 4.78 is 4.92. The number of hydrogen-bond acceptors (Lipinski definition) is 6. The van der Waals surface area contributed by atoms with Crippen molar-refractivity contribution in [2.75, 3.05) is 45.3 Å². The molecule has 0 aromatic heterocycles. The molecular formula is C27H37N3O3S. The maximum Gasteiger partial charge on any atom is 0.328 e. The zero-order valence-corrected chi connectivity index (χ0v) is 21.4. The number of methoxy groups -OCH3 is 1. The van der Waals surface area contributed by atoms with Crippen molar-refractivity contribution < 1.29 is 14.3 Å². The highest BCUT2D eigenvalue weighted by atomic mass is 32.2. The number of carbonyl (C=O) groups is 2. The highest BCUT2D eigenvalue weighted by molar-refractivity contribution is 7.98. The molecule has 1 aliphatic rings. The van der Waals surface area contributed by atoms with Crippen molar-refractivity contribution in [2.24, 2.45) is 0 Å². The molecule has 1 saturated heterocycles. The molecule has 184 valence electrons. The molecule has 1 atom stereocenters. The summed E-state index contributed by atoms with van der Waals surface area (Å²) in [5, 5.41) is 6.45. The van der Waals surface area contributed by atoms with Gasteiger partial charge in [0.25, 0.3) is 5.91 Å². The second kappa shape index (κ2) is 13.5. The van der Waals surface area contributed by atoms with E-state index in [4.69, 9.17) is 4.74 Å². The Morgan fingerprint density at radius 2 is 1.88 bits per heavy atom. The van der Waals surface area contributed by atoms with Gasteiger partial charge in [-0.15, -0.1) is 0 Å². The molecule has 0 aliphatic carbocycles. The maximum atomic E-state index is 13.3. The number of aryl methyl sites for hydroxylation is 1. The van der Waals surface area contributed by atoms with Crippen molar-refractivity contribution in [3.63, 3.8) is 0 Å². The van der Waals surface area contributed by atoms with E-state index in [0.29, 0.717) is 12.0 Å². The highest BCUT2D eigenvalue weighted by Gasteiger charge is 2.24. The van der Waals surface area contributed by atoms with Gasteiger partial charge in [0.15, 0.2) is 0 Å².